The molecule has 5 nitrogen and oxygen atoms in total. The highest BCUT2D eigenvalue weighted by Gasteiger charge is 2.19. The number of carbonyl (C=O) groups is 1. The van der Waals surface area contributed by atoms with Crippen LogP contribution in [0.3, 0.4) is 0 Å². The van der Waals surface area contributed by atoms with E-state index in [0.717, 1.165) is 35.2 Å². The molecule has 1 aliphatic rings. The fourth-order valence-electron chi connectivity index (χ4n) is 2.61. The summed E-state index contributed by atoms with van der Waals surface area (Å²) in [5.74, 6) is -0.148. The highest BCUT2D eigenvalue weighted by molar-refractivity contribution is 7.13. The van der Waals surface area contributed by atoms with Gasteiger partial charge in [0.1, 0.15) is 4.88 Å². The first-order chi connectivity index (χ1) is 11.0. The Hall–Kier alpha value is -1.63. The van der Waals surface area contributed by atoms with Crippen molar-refractivity contribution < 1.29 is 9.53 Å². The van der Waals surface area contributed by atoms with Crippen molar-refractivity contribution >= 4 is 40.2 Å². The lowest BCUT2D eigenvalue weighted by molar-refractivity contribution is 0.103. The zero-order valence-corrected chi connectivity index (χ0v) is 14.6. The first-order valence-electron chi connectivity index (χ1n) is 7.42. The zero-order chi connectivity index (χ0) is 16.4. The minimum Gasteiger partial charge on any atom is -0.378 e. The van der Waals surface area contributed by atoms with E-state index in [-0.39, 0.29) is 5.91 Å². The quantitative estimate of drug-likeness (QED) is 0.919. The molecule has 1 aromatic heterocycles. The van der Waals surface area contributed by atoms with Crippen LogP contribution in [0.4, 0.5) is 11.4 Å². The molecule has 23 heavy (non-hydrogen) atoms. The number of aryl methyl sites for hydroxylation is 2. The minimum absolute atomic E-state index is 0.148. The molecule has 1 aromatic carbocycles. The summed E-state index contributed by atoms with van der Waals surface area (Å²) in [6, 6.07) is 5.56. The van der Waals surface area contributed by atoms with Crippen LogP contribution in [0.5, 0.6) is 0 Å². The molecule has 0 spiro atoms. The van der Waals surface area contributed by atoms with Gasteiger partial charge in [-0.3, -0.25) is 4.79 Å². The second-order valence-corrected chi connectivity index (χ2v) is 7.00. The molecule has 0 bridgehead atoms. The van der Waals surface area contributed by atoms with Crippen molar-refractivity contribution in [2.24, 2.45) is 0 Å². The average Bonchev–Trinajstić information content (AvgIpc) is 2.87. The standard InChI is InChI=1S/C16H18ClN3O2S/c1-10-15(23-11(2)18-10)16(21)19-13-9-12(17)3-4-14(13)20-5-7-22-8-6-20/h3-4,9H,5-8H2,1-2H3,(H,19,21). The first-order valence-corrected chi connectivity index (χ1v) is 8.61. The van der Waals surface area contributed by atoms with Gasteiger partial charge in [0.25, 0.3) is 5.91 Å². The molecule has 1 amide bonds. The van der Waals surface area contributed by atoms with Gasteiger partial charge in [0, 0.05) is 18.1 Å². The number of nitrogens with zero attached hydrogens (tertiary/aromatic N) is 2. The van der Waals surface area contributed by atoms with Crippen LogP contribution in [-0.4, -0.2) is 37.2 Å². The van der Waals surface area contributed by atoms with E-state index in [1.807, 2.05) is 26.0 Å². The number of halogens is 1. The van der Waals surface area contributed by atoms with Crippen LogP contribution in [0, 0.1) is 13.8 Å². The van der Waals surface area contributed by atoms with E-state index in [9.17, 15) is 4.79 Å². The van der Waals surface area contributed by atoms with Crippen LogP contribution in [0.15, 0.2) is 18.2 Å². The van der Waals surface area contributed by atoms with Gasteiger partial charge in [0.15, 0.2) is 0 Å². The number of hydrogen-bond acceptors (Lipinski definition) is 5. The maximum Gasteiger partial charge on any atom is 0.267 e. The van der Waals surface area contributed by atoms with Crippen molar-refractivity contribution in [3.8, 4) is 0 Å². The Morgan fingerprint density at radius 2 is 2.09 bits per heavy atom. The Kier molecular flexibility index (Phi) is 4.84. The van der Waals surface area contributed by atoms with Gasteiger partial charge in [-0.15, -0.1) is 11.3 Å². The summed E-state index contributed by atoms with van der Waals surface area (Å²) in [4.78, 5) is 19.7. The SMILES string of the molecule is Cc1nc(C)c(C(=O)Nc2cc(Cl)ccc2N2CCOCC2)s1. The molecule has 0 saturated carbocycles. The summed E-state index contributed by atoms with van der Waals surface area (Å²) in [5, 5.41) is 4.46. The number of morpholine rings is 1. The van der Waals surface area contributed by atoms with E-state index in [2.05, 4.69) is 15.2 Å². The van der Waals surface area contributed by atoms with E-state index in [0.29, 0.717) is 23.1 Å². The van der Waals surface area contributed by atoms with Crippen molar-refractivity contribution in [3.05, 3.63) is 38.8 Å². The summed E-state index contributed by atoms with van der Waals surface area (Å²) < 4.78 is 5.39. The van der Waals surface area contributed by atoms with Crippen LogP contribution in [0.1, 0.15) is 20.4 Å². The van der Waals surface area contributed by atoms with E-state index >= 15 is 0 Å². The van der Waals surface area contributed by atoms with Gasteiger partial charge in [0.2, 0.25) is 0 Å². The lowest BCUT2D eigenvalue weighted by atomic mass is 10.2. The third kappa shape index (κ3) is 3.65. The van der Waals surface area contributed by atoms with Crippen molar-refractivity contribution in [2.45, 2.75) is 13.8 Å². The average molecular weight is 352 g/mol. The number of nitrogens with one attached hydrogen (secondary N) is 1. The monoisotopic (exact) mass is 351 g/mol. The number of benzene rings is 1. The summed E-state index contributed by atoms with van der Waals surface area (Å²) in [5.41, 5.74) is 2.43. The van der Waals surface area contributed by atoms with Crippen LogP contribution >= 0.6 is 22.9 Å². The number of amides is 1. The molecule has 1 aliphatic heterocycles. The van der Waals surface area contributed by atoms with Gasteiger partial charge in [-0.25, -0.2) is 4.98 Å². The maximum absolute atomic E-state index is 12.6. The molecule has 1 saturated heterocycles. The Morgan fingerprint density at radius 3 is 2.74 bits per heavy atom. The van der Waals surface area contributed by atoms with Gasteiger partial charge in [-0.1, -0.05) is 11.6 Å². The van der Waals surface area contributed by atoms with Crippen molar-refractivity contribution in [2.75, 3.05) is 36.5 Å². The number of aromatic nitrogens is 1. The molecular weight excluding hydrogens is 334 g/mol. The molecule has 0 radical (unpaired) electrons. The smallest absolute Gasteiger partial charge is 0.267 e. The second-order valence-electron chi connectivity index (χ2n) is 5.36. The molecule has 1 N–H and O–H groups in total. The summed E-state index contributed by atoms with van der Waals surface area (Å²) in [6.45, 7) is 6.70. The minimum atomic E-state index is -0.148. The molecule has 2 heterocycles. The Balaban J connectivity index is 1.87. The number of ether oxygens (including phenoxy) is 1. The number of hydrogen-bond donors (Lipinski definition) is 1. The molecule has 7 heteroatoms. The molecule has 122 valence electrons. The van der Waals surface area contributed by atoms with Crippen molar-refractivity contribution in [1.29, 1.82) is 0 Å². The molecular formula is C16H18ClN3O2S. The lowest BCUT2D eigenvalue weighted by Crippen LogP contribution is -2.36. The molecule has 0 atom stereocenters. The predicted octanol–water partition coefficient (Wildman–Crippen LogP) is 3.50. The zero-order valence-electron chi connectivity index (χ0n) is 13.1. The summed E-state index contributed by atoms with van der Waals surface area (Å²) in [7, 11) is 0. The van der Waals surface area contributed by atoms with Crippen molar-refractivity contribution in [3.63, 3.8) is 0 Å². The highest BCUT2D eigenvalue weighted by atomic mass is 35.5. The van der Waals surface area contributed by atoms with Crippen LogP contribution < -0.4 is 10.2 Å². The number of thiazole rings is 1. The van der Waals surface area contributed by atoms with Gasteiger partial charge in [-0.2, -0.15) is 0 Å². The van der Waals surface area contributed by atoms with Gasteiger partial charge >= 0.3 is 0 Å². The van der Waals surface area contributed by atoms with Gasteiger partial charge in [-0.05, 0) is 32.0 Å². The molecule has 0 unspecified atom stereocenters. The Bertz CT molecular complexity index is 726. The Morgan fingerprint density at radius 1 is 1.35 bits per heavy atom. The van der Waals surface area contributed by atoms with Crippen LogP contribution in [-0.2, 0) is 4.74 Å². The normalized spacial score (nSPS) is 14.8. The van der Waals surface area contributed by atoms with E-state index in [1.54, 1.807) is 6.07 Å². The number of anilines is 2. The lowest BCUT2D eigenvalue weighted by Gasteiger charge is -2.30. The largest absolute Gasteiger partial charge is 0.378 e. The van der Waals surface area contributed by atoms with Crippen LogP contribution in [0.2, 0.25) is 5.02 Å². The highest BCUT2D eigenvalue weighted by Crippen LogP contribution is 2.31. The van der Waals surface area contributed by atoms with E-state index < -0.39 is 0 Å². The first kappa shape index (κ1) is 16.2. The Labute approximate surface area is 144 Å². The van der Waals surface area contributed by atoms with E-state index in [4.69, 9.17) is 16.3 Å². The van der Waals surface area contributed by atoms with E-state index in [1.165, 1.54) is 11.3 Å². The fourth-order valence-corrected chi connectivity index (χ4v) is 3.60. The third-order valence-electron chi connectivity index (χ3n) is 3.67. The molecule has 0 aliphatic carbocycles. The summed E-state index contributed by atoms with van der Waals surface area (Å²) >= 11 is 7.51. The van der Waals surface area contributed by atoms with Gasteiger partial charge < -0.3 is 15.0 Å². The van der Waals surface area contributed by atoms with Crippen molar-refractivity contribution in [1.82, 2.24) is 4.98 Å². The molecule has 3 rings (SSSR count). The summed E-state index contributed by atoms with van der Waals surface area (Å²) in [6.07, 6.45) is 0. The fraction of sp³-hybridized carbons (Fsp3) is 0.375. The molecule has 2 aromatic rings. The molecule has 1 fully saturated rings. The van der Waals surface area contributed by atoms with Gasteiger partial charge in [0.05, 0.1) is 35.3 Å². The van der Waals surface area contributed by atoms with Crippen LogP contribution in [0.25, 0.3) is 0 Å². The predicted molar refractivity (Wildman–Crippen MR) is 94.0 cm³/mol. The topological polar surface area (TPSA) is 54.5 Å². The second kappa shape index (κ2) is 6.86. The number of rotatable bonds is 3. The maximum atomic E-state index is 12.6. The number of carbonyl (C=O) groups excluding carboxylic acids is 1. The third-order valence-corrected chi connectivity index (χ3v) is 4.98.